The average molecular weight is 533 g/mol. The van der Waals surface area contributed by atoms with Gasteiger partial charge >= 0.3 is 0 Å². The Morgan fingerprint density at radius 2 is 1.61 bits per heavy atom. The molecule has 0 radical (unpaired) electrons. The molecule has 3 saturated carbocycles. The number of aliphatic hydroxyl groups excluding tert-OH is 3. The first-order chi connectivity index (χ1) is 17.1. The van der Waals surface area contributed by atoms with Crippen molar-refractivity contribution in [2.45, 2.75) is 104 Å². The molecule has 0 aromatic carbocycles. The third-order valence-corrected chi connectivity index (χ3v) is 11.3. The second-order valence-corrected chi connectivity index (χ2v) is 14.3. The SMILES string of the molecule is CC(C)(O)/C=C/C(=O)[C@](C)(O)C1[C@H](O)C(=O)[C@@]2(C)[C@@H]3CC=C4[C@@H](C[C@H](O)[C@@H](O)C4(C)C)[C@]3(C)C(=O)C[C@]12C. The van der Waals surface area contributed by atoms with Crippen molar-refractivity contribution in [3.8, 4) is 0 Å². The van der Waals surface area contributed by atoms with E-state index in [1.165, 1.54) is 26.8 Å². The van der Waals surface area contributed by atoms with Gasteiger partial charge in [-0.1, -0.05) is 52.3 Å². The van der Waals surface area contributed by atoms with Crippen molar-refractivity contribution >= 4 is 17.3 Å². The molecular formula is C30H44O8. The van der Waals surface area contributed by atoms with E-state index in [4.69, 9.17) is 0 Å². The minimum atomic E-state index is -2.18. The third kappa shape index (κ3) is 3.56. The molecule has 4 aliphatic carbocycles. The minimum absolute atomic E-state index is 0.133. The summed E-state index contributed by atoms with van der Waals surface area (Å²) in [4.78, 5) is 41.5. The number of carbonyl (C=O) groups is 3. The molecule has 0 spiro atoms. The molecule has 4 rings (SSSR count). The van der Waals surface area contributed by atoms with Gasteiger partial charge in [0.1, 0.15) is 17.5 Å². The van der Waals surface area contributed by atoms with E-state index in [1.54, 1.807) is 13.8 Å². The van der Waals surface area contributed by atoms with Crippen LogP contribution in [0.25, 0.3) is 0 Å². The molecule has 5 N–H and O–H groups in total. The van der Waals surface area contributed by atoms with Crippen LogP contribution in [0.2, 0.25) is 0 Å². The molecule has 0 aromatic rings. The van der Waals surface area contributed by atoms with Crippen LogP contribution >= 0.6 is 0 Å². The summed E-state index contributed by atoms with van der Waals surface area (Å²) in [5.74, 6) is -3.59. The predicted octanol–water partition coefficient (Wildman–Crippen LogP) is 1.90. The maximum Gasteiger partial charge on any atom is 0.187 e. The van der Waals surface area contributed by atoms with Crippen LogP contribution in [0.3, 0.4) is 0 Å². The second kappa shape index (κ2) is 8.40. The largest absolute Gasteiger partial charge is 0.390 e. The molecule has 10 atom stereocenters. The van der Waals surface area contributed by atoms with Gasteiger partial charge < -0.3 is 25.5 Å². The van der Waals surface area contributed by atoms with E-state index in [0.717, 1.165) is 11.6 Å². The maximum atomic E-state index is 14.2. The smallest absolute Gasteiger partial charge is 0.187 e. The van der Waals surface area contributed by atoms with Crippen LogP contribution in [-0.4, -0.2) is 72.4 Å². The fourth-order valence-corrected chi connectivity index (χ4v) is 8.86. The van der Waals surface area contributed by atoms with Gasteiger partial charge in [0.05, 0.1) is 17.8 Å². The van der Waals surface area contributed by atoms with Crippen LogP contribution in [-0.2, 0) is 14.4 Å². The van der Waals surface area contributed by atoms with E-state index in [-0.39, 0.29) is 18.6 Å². The van der Waals surface area contributed by atoms with Crippen LogP contribution in [0.5, 0.6) is 0 Å². The summed E-state index contributed by atoms with van der Waals surface area (Å²) in [7, 11) is 0. The number of allylic oxidation sites excluding steroid dienone is 1. The van der Waals surface area contributed by atoms with Gasteiger partial charge in [-0.25, -0.2) is 0 Å². The van der Waals surface area contributed by atoms with E-state index >= 15 is 0 Å². The van der Waals surface area contributed by atoms with Crippen LogP contribution < -0.4 is 0 Å². The number of fused-ring (bicyclic) bond motifs is 5. The lowest BCUT2D eigenvalue weighted by Gasteiger charge is -2.64. The van der Waals surface area contributed by atoms with E-state index in [0.29, 0.717) is 6.42 Å². The summed E-state index contributed by atoms with van der Waals surface area (Å²) in [6, 6.07) is 0. The van der Waals surface area contributed by atoms with Crippen molar-refractivity contribution in [1.29, 1.82) is 0 Å². The lowest BCUT2D eigenvalue weighted by atomic mass is 9.38. The molecule has 0 saturated heterocycles. The average Bonchev–Trinajstić information content (AvgIpc) is 2.94. The fraction of sp³-hybridized carbons (Fsp3) is 0.767. The highest BCUT2D eigenvalue weighted by molar-refractivity contribution is 6.02. The monoisotopic (exact) mass is 532 g/mol. The fourth-order valence-electron chi connectivity index (χ4n) is 8.86. The van der Waals surface area contributed by atoms with Gasteiger partial charge in [-0.2, -0.15) is 0 Å². The van der Waals surface area contributed by atoms with Crippen molar-refractivity contribution in [2.75, 3.05) is 0 Å². The highest BCUT2D eigenvalue weighted by Gasteiger charge is 2.78. The van der Waals surface area contributed by atoms with Gasteiger partial charge in [-0.15, -0.1) is 0 Å². The van der Waals surface area contributed by atoms with Crippen molar-refractivity contribution in [2.24, 2.45) is 39.4 Å². The van der Waals surface area contributed by atoms with Gasteiger partial charge in [0.15, 0.2) is 11.6 Å². The van der Waals surface area contributed by atoms with Crippen molar-refractivity contribution in [3.63, 3.8) is 0 Å². The highest BCUT2D eigenvalue weighted by Crippen LogP contribution is 2.73. The van der Waals surface area contributed by atoms with Crippen LogP contribution in [0.15, 0.2) is 23.8 Å². The molecule has 3 fully saturated rings. The van der Waals surface area contributed by atoms with E-state index in [1.807, 2.05) is 26.8 Å². The Hall–Kier alpha value is -1.71. The van der Waals surface area contributed by atoms with Gasteiger partial charge in [-0.05, 0) is 56.9 Å². The number of Topliss-reactive ketones (excluding diaryl/α,β-unsaturated/α-hetero) is 2. The lowest BCUT2D eigenvalue weighted by Crippen LogP contribution is -2.66. The molecule has 0 heterocycles. The first kappa shape index (κ1) is 29.3. The summed E-state index contributed by atoms with van der Waals surface area (Å²) >= 11 is 0. The number of carbonyl (C=O) groups excluding carboxylic acids is 3. The van der Waals surface area contributed by atoms with E-state index in [2.05, 4.69) is 0 Å². The Morgan fingerprint density at radius 3 is 2.16 bits per heavy atom. The summed E-state index contributed by atoms with van der Waals surface area (Å²) in [6.45, 7) is 13.2. The number of ketones is 3. The first-order valence-corrected chi connectivity index (χ1v) is 13.6. The Labute approximate surface area is 224 Å². The number of rotatable bonds is 4. The topological polar surface area (TPSA) is 152 Å². The summed E-state index contributed by atoms with van der Waals surface area (Å²) < 4.78 is 0. The molecule has 0 aromatic heterocycles. The molecule has 8 heteroatoms. The van der Waals surface area contributed by atoms with Crippen molar-refractivity contribution < 1.29 is 39.9 Å². The zero-order valence-electron chi connectivity index (χ0n) is 23.8. The van der Waals surface area contributed by atoms with Crippen LogP contribution in [0.1, 0.15) is 74.7 Å². The zero-order chi connectivity index (χ0) is 29.0. The number of hydrogen-bond donors (Lipinski definition) is 5. The standard InChI is InChI=1S/C30H44O8/c1-25(2,37)12-11-19(32)30(8,38)22-21(34)24(36)29(7)18-10-9-15-16(13-17(31)23(35)26(15,3)4)28(18,6)20(33)14-27(22,29)5/h9,11-12,16-18,21-23,31,34-35,37-38H,10,13-14H2,1-8H3/b12-11+/t16-,17+,18-,21+,22?,23-,27-,28+,29-,30+/m1/s1. The Balaban J connectivity index is 1.85. The van der Waals surface area contributed by atoms with Gasteiger partial charge in [0, 0.05) is 28.6 Å². The van der Waals surface area contributed by atoms with Crippen LogP contribution in [0, 0.1) is 39.4 Å². The molecule has 0 amide bonds. The van der Waals surface area contributed by atoms with Gasteiger partial charge in [0.2, 0.25) is 0 Å². The maximum absolute atomic E-state index is 14.2. The Bertz CT molecular complexity index is 1130. The molecule has 0 aliphatic heterocycles. The molecule has 38 heavy (non-hydrogen) atoms. The predicted molar refractivity (Wildman–Crippen MR) is 140 cm³/mol. The molecule has 8 nitrogen and oxygen atoms in total. The molecule has 1 unspecified atom stereocenters. The van der Waals surface area contributed by atoms with Crippen molar-refractivity contribution in [3.05, 3.63) is 23.8 Å². The van der Waals surface area contributed by atoms with Gasteiger partial charge in [0.25, 0.3) is 0 Å². The van der Waals surface area contributed by atoms with E-state index in [9.17, 15) is 39.9 Å². The van der Waals surface area contributed by atoms with Gasteiger partial charge in [-0.3, -0.25) is 14.4 Å². The molecule has 4 aliphatic rings. The lowest BCUT2D eigenvalue weighted by molar-refractivity contribution is -0.187. The first-order valence-electron chi connectivity index (χ1n) is 13.6. The summed E-state index contributed by atoms with van der Waals surface area (Å²) in [5.41, 5.74) is -6.89. The van der Waals surface area contributed by atoms with Crippen LogP contribution in [0.4, 0.5) is 0 Å². The van der Waals surface area contributed by atoms with Crippen molar-refractivity contribution in [1.82, 2.24) is 0 Å². The summed E-state index contributed by atoms with van der Waals surface area (Å²) in [5, 5.41) is 54.4. The number of aliphatic hydroxyl groups is 5. The second-order valence-electron chi connectivity index (χ2n) is 14.3. The summed E-state index contributed by atoms with van der Waals surface area (Å²) in [6.07, 6.45) is 1.01. The third-order valence-electron chi connectivity index (χ3n) is 11.3. The highest BCUT2D eigenvalue weighted by atomic mass is 16.3. The minimum Gasteiger partial charge on any atom is -0.390 e. The number of hydrogen-bond acceptors (Lipinski definition) is 8. The van der Waals surface area contributed by atoms with E-state index < -0.39 is 80.5 Å². The Kier molecular flexibility index (Phi) is 6.47. The molecular weight excluding hydrogens is 488 g/mol. The molecule has 0 bridgehead atoms. The zero-order valence-corrected chi connectivity index (χ0v) is 23.8. The molecule has 212 valence electrons. The quantitative estimate of drug-likeness (QED) is 0.272. The Morgan fingerprint density at radius 1 is 1.03 bits per heavy atom. The normalized spacial score (nSPS) is 46.2.